The van der Waals surface area contributed by atoms with Crippen molar-refractivity contribution in [2.45, 2.75) is 103 Å². The molecule has 0 fully saturated rings. The van der Waals surface area contributed by atoms with Gasteiger partial charge >= 0.3 is 0 Å². The highest BCUT2D eigenvalue weighted by atomic mass is 16.3. The Morgan fingerprint density at radius 1 is 0.632 bits per heavy atom. The monoisotopic (exact) mass is 272 g/mol. The van der Waals surface area contributed by atoms with Crippen LogP contribution in [0.5, 0.6) is 0 Å². The zero-order valence-electron chi connectivity index (χ0n) is 13.1. The van der Waals surface area contributed by atoms with E-state index in [-0.39, 0.29) is 6.10 Å². The van der Waals surface area contributed by atoms with E-state index < -0.39 is 0 Å². The number of rotatable bonds is 15. The SMILES string of the molecule is CCCCC(O)CCCCCCCCCCCCO. The normalized spacial score (nSPS) is 12.8. The van der Waals surface area contributed by atoms with Crippen LogP contribution in [0.2, 0.25) is 0 Å². The Hall–Kier alpha value is -0.0800. The van der Waals surface area contributed by atoms with Crippen molar-refractivity contribution in [2.24, 2.45) is 0 Å². The average Bonchev–Trinajstić information content (AvgIpc) is 2.42. The minimum absolute atomic E-state index is 0.0496. The van der Waals surface area contributed by atoms with Crippen LogP contribution in [-0.4, -0.2) is 22.9 Å². The molecule has 0 rings (SSSR count). The molecule has 0 saturated heterocycles. The van der Waals surface area contributed by atoms with Crippen molar-refractivity contribution in [3.05, 3.63) is 0 Å². The molecule has 2 heteroatoms. The second-order valence-electron chi connectivity index (χ2n) is 5.84. The molecule has 0 heterocycles. The van der Waals surface area contributed by atoms with Crippen LogP contribution in [0.3, 0.4) is 0 Å². The number of unbranched alkanes of at least 4 members (excludes halogenated alkanes) is 10. The highest BCUT2D eigenvalue weighted by molar-refractivity contribution is 4.56. The molecule has 0 aliphatic heterocycles. The van der Waals surface area contributed by atoms with Gasteiger partial charge in [0.2, 0.25) is 0 Å². The summed E-state index contributed by atoms with van der Waals surface area (Å²) in [7, 11) is 0. The number of aliphatic hydroxyl groups is 2. The fourth-order valence-electron chi connectivity index (χ4n) is 2.49. The van der Waals surface area contributed by atoms with Gasteiger partial charge in [0.1, 0.15) is 0 Å². The topological polar surface area (TPSA) is 40.5 Å². The summed E-state index contributed by atoms with van der Waals surface area (Å²) in [5, 5.41) is 18.4. The molecule has 0 spiro atoms. The third kappa shape index (κ3) is 15.9. The Bertz CT molecular complexity index is 159. The lowest BCUT2D eigenvalue weighted by Gasteiger charge is -2.09. The van der Waals surface area contributed by atoms with Crippen molar-refractivity contribution in [3.63, 3.8) is 0 Å². The predicted octanol–water partition coefficient (Wildman–Crippen LogP) is 4.82. The molecule has 19 heavy (non-hydrogen) atoms. The van der Waals surface area contributed by atoms with Gasteiger partial charge in [-0.05, 0) is 19.3 Å². The van der Waals surface area contributed by atoms with Gasteiger partial charge in [0, 0.05) is 6.61 Å². The van der Waals surface area contributed by atoms with Crippen LogP contribution in [0.4, 0.5) is 0 Å². The molecule has 0 aromatic carbocycles. The van der Waals surface area contributed by atoms with Gasteiger partial charge in [-0.15, -0.1) is 0 Å². The van der Waals surface area contributed by atoms with E-state index in [1.165, 1.54) is 64.2 Å². The van der Waals surface area contributed by atoms with Gasteiger partial charge < -0.3 is 10.2 Å². The predicted molar refractivity (Wildman–Crippen MR) is 83.4 cm³/mol. The van der Waals surface area contributed by atoms with Crippen LogP contribution in [0, 0.1) is 0 Å². The number of hydrogen-bond donors (Lipinski definition) is 2. The van der Waals surface area contributed by atoms with Crippen LogP contribution in [0.1, 0.15) is 96.8 Å². The first kappa shape index (κ1) is 18.9. The van der Waals surface area contributed by atoms with Gasteiger partial charge in [0.15, 0.2) is 0 Å². The van der Waals surface area contributed by atoms with Crippen LogP contribution in [-0.2, 0) is 0 Å². The zero-order chi connectivity index (χ0) is 14.2. The quantitative estimate of drug-likeness (QED) is 0.420. The van der Waals surface area contributed by atoms with E-state index in [9.17, 15) is 5.11 Å². The molecule has 0 aliphatic carbocycles. The zero-order valence-corrected chi connectivity index (χ0v) is 13.1. The van der Waals surface area contributed by atoms with Crippen molar-refractivity contribution in [2.75, 3.05) is 6.61 Å². The minimum Gasteiger partial charge on any atom is -0.396 e. The maximum absolute atomic E-state index is 9.71. The van der Waals surface area contributed by atoms with E-state index >= 15 is 0 Å². The van der Waals surface area contributed by atoms with Gasteiger partial charge in [-0.2, -0.15) is 0 Å². The fraction of sp³-hybridized carbons (Fsp3) is 1.00. The van der Waals surface area contributed by atoms with E-state index in [2.05, 4.69) is 6.92 Å². The lowest BCUT2D eigenvalue weighted by Crippen LogP contribution is -2.05. The smallest absolute Gasteiger partial charge is 0.0540 e. The molecule has 0 saturated carbocycles. The first-order valence-electron chi connectivity index (χ1n) is 8.60. The summed E-state index contributed by atoms with van der Waals surface area (Å²) in [6.07, 6.45) is 16.9. The van der Waals surface area contributed by atoms with Crippen LogP contribution < -0.4 is 0 Å². The van der Waals surface area contributed by atoms with E-state index in [4.69, 9.17) is 5.11 Å². The summed E-state index contributed by atoms with van der Waals surface area (Å²) in [5.74, 6) is 0. The molecular formula is C17H36O2. The van der Waals surface area contributed by atoms with Crippen LogP contribution in [0.25, 0.3) is 0 Å². The maximum Gasteiger partial charge on any atom is 0.0540 e. The molecule has 0 aromatic heterocycles. The first-order valence-corrected chi connectivity index (χ1v) is 8.60. The fourth-order valence-corrected chi connectivity index (χ4v) is 2.49. The molecule has 2 nitrogen and oxygen atoms in total. The molecule has 2 N–H and O–H groups in total. The Kier molecular flexibility index (Phi) is 15.9. The standard InChI is InChI=1S/C17H36O2/c1-2-3-14-17(19)15-12-10-8-6-4-5-7-9-11-13-16-18/h17-19H,2-16H2,1H3. The number of aliphatic hydroxyl groups excluding tert-OH is 2. The van der Waals surface area contributed by atoms with Gasteiger partial charge in [-0.3, -0.25) is 0 Å². The molecule has 0 radical (unpaired) electrons. The molecular weight excluding hydrogens is 236 g/mol. The summed E-state index contributed by atoms with van der Waals surface area (Å²) in [5.41, 5.74) is 0. The van der Waals surface area contributed by atoms with Crippen molar-refractivity contribution in [1.29, 1.82) is 0 Å². The van der Waals surface area contributed by atoms with Crippen molar-refractivity contribution >= 4 is 0 Å². The van der Waals surface area contributed by atoms with E-state index in [1.54, 1.807) is 0 Å². The Morgan fingerprint density at radius 2 is 1.05 bits per heavy atom. The van der Waals surface area contributed by atoms with E-state index in [1.807, 2.05) is 0 Å². The van der Waals surface area contributed by atoms with Crippen LogP contribution in [0.15, 0.2) is 0 Å². The third-order valence-corrected chi connectivity index (χ3v) is 3.84. The van der Waals surface area contributed by atoms with Crippen LogP contribution >= 0.6 is 0 Å². The highest BCUT2D eigenvalue weighted by Gasteiger charge is 2.02. The van der Waals surface area contributed by atoms with Gasteiger partial charge in [-0.1, -0.05) is 77.6 Å². The molecule has 1 unspecified atom stereocenters. The summed E-state index contributed by atoms with van der Waals surface area (Å²) >= 11 is 0. The van der Waals surface area contributed by atoms with Gasteiger partial charge in [-0.25, -0.2) is 0 Å². The second-order valence-corrected chi connectivity index (χ2v) is 5.84. The summed E-state index contributed by atoms with van der Waals surface area (Å²) in [4.78, 5) is 0. The first-order chi connectivity index (χ1) is 9.31. The maximum atomic E-state index is 9.71. The Labute approximate surface area is 120 Å². The molecule has 1 atom stereocenters. The largest absolute Gasteiger partial charge is 0.396 e. The molecule has 116 valence electrons. The lowest BCUT2D eigenvalue weighted by atomic mass is 10.0. The highest BCUT2D eigenvalue weighted by Crippen LogP contribution is 2.13. The van der Waals surface area contributed by atoms with E-state index in [0.717, 1.165) is 25.7 Å². The Balaban J connectivity index is 3.02. The summed E-state index contributed by atoms with van der Waals surface area (Å²) < 4.78 is 0. The van der Waals surface area contributed by atoms with Crippen molar-refractivity contribution in [3.8, 4) is 0 Å². The minimum atomic E-state index is -0.0496. The average molecular weight is 272 g/mol. The third-order valence-electron chi connectivity index (χ3n) is 3.84. The van der Waals surface area contributed by atoms with Gasteiger partial charge in [0.25, 0.3) is 0 Å². The van der Waals surface area contributed by atoms with Crippen molar-refractivity contribution < 1.29 is 10.2 Å². The summed E-state index contributed by atoms with van der Waals surface area (Å²) in [6, 6.07) is 0. The number of hydrogen-bond acceptors (Lipinski definition) is 2. The van der Waals surface area contributed by atoms with Crippen molar-refractivity contribution in [1.82, 2.24) is 0 Å². The molecule has 0 bridgehead atoms. The molecule has 0 aliphatic rings. The van der Waals surface area contributed by atoms with Gasteiger partial charge in [0.05, 0.1) is 6.10 Å². The molecule has 0 aromatic rings. The molecule has 0 amide bonds. The van der Waals surface area contributed by atoms with E-state index in [0.29, 0.717) is 6.61 Å². The Morgan fingerprint density at radius 3 is 1.53 bits per heavy atom. The summed E-state index contributed by atoms with van der Waals surface area (Å²) in [6.45, 7) is 2.53. The lowest BCUT2D eigenvalue weighted by molar-refractivity contribution is 0.148. The second kappa shape index (κ2) is 16.0.